The number of rotatable bonds is 6. The molecule has 0 aliphatic rings. The Hall–Kier alpha value is -3.32. The Balaban J connectivity index is 1.90. The second-order valence-electron chi connectivity index (χ2n) is 7.77. The Kier molecular flexibility index (Phi) is 6.97. The van der Waals surface area contributed by atoms with Crippen molar-refractivity contribution in [2.45, 2.75) is 33.0 Å². The van der Waals surface area contributed by atoms with E-state index in [0.29, 0.717) is 16.3 Å². The minimum absolute atomic E-state index is 0.128. The molecule has 0 aliphatic heterocycles. The van der Waals surface area contributed by atoms with Gasteiger partial charge in [-0.05, 0) is 44.0 Å². The fraction of sp³-hybridized carbons (Fsp3) is 0.250. The largest absolute Gasteiger partial charge is 0.497 e. The first-order chi connectivity index (χ1) is 14.8. The van der Waals surface area contributed by atoms with E-state index in [1.165, 1.54) is 11.3 Å². The first kappa shape index (κ1) is 22.4. The van der Waals surface area contributed by atoms with Gasteiger partial charge in [0.1, 0.15) is 28.5 Å². The smallest absolute Gasteiger partial charge is 0.412 e. The summed E-state index contributed by atoms with van der Waals surface area (Å²) in [5, 5.41) is 4.88. The van der Waals surface area contributed by atoms with Crippen LogP contribution in [0.25, 0.3) is 11.1 Å². The lowest BCUT2D eigenvalue weighted by atomic mass is 10.0. The van der Waals surface area contributed by atoms with E-state index < -0.39 is 17.7 Å². The SMILES string of the molecule is COc1ccc(-c2csc(NC(=O)OC(C)(C)C)c2C(=O)OCc2ccccc2)cc1. The lowest BCUT2D eigenvalue weighted by molar-refractivity contribution is 0.0475. The summed E-state index contributed by atoms with van der Waals surface area (Å²) in [6.07, 6.45) is -0.632. The second-order valence-corrected chi connectivity index (χ2v) is 8.65. The number of thiophene rings is 1. The van der Waals surface area contributed by atoms with Crippen molar-refractivity contribution < 1.29 is 23.8 Å². The van der Waals surface area contributed by atoms with Crippen LogP contribution in [0.15, 0.2) is 60.0 Å². The van der Waals surface area contributed by atoms with Crippen molar-refractivity contribution in [3.63, 3.8) is 0 Å². The minimum atomic E-state index is -0.659. The summed E-state index contributed by atoms with van der Waals surface area (Å²) in [5.74, 6) is 0.182. The highest BCUT2D eigenvalue weighted by Crippen LogP contribution is 2.37. The van der Waals surface area contributed by atoms with Crippen LogP contribution in [0, 0.1) is 0 Å². The Bertz CT molecular complexity index is 1040. The van der Waals surface area contributed by atoms with Crippen LogP contribution in [-0.4, -0.2) is 24.8 Å². The van der Waals surface area contributed by atoms with E-state index in [4.69, 9.17) is 14.2 Å². The molecule has 0 radical (unpaired) electrons. The molecular weight excluding hydrogens is 414 g/mol. The van der Waals surface area contributed by atoms with E-state index in [1.54, 1.807) is 27.9 Å². The van der Waals surface area contributed by atoms with Crippen LogP contribution >= 0.6 is 11.3 Å². The predicted octanol–water partition coefficient (Wildman–Crippen LogP) is 6.13. The number of amides is 1. The molecule has 0 fully saturated rings. The van der Waals surface area contributed by atoms with Crippen LogP contribution < -0.4 is 10.1 Å². The van der Waals surface area contributed by atoms with E-state index in [2.05, 4.69) is 5.32 Å². The number of hydrogen-bond acceptors (Lipinski definition) is 6. The zero-order chi connectivity index (χ0) is 22.4. The van der Waals surface area contributed by atoms with Crippen LogP contribution in [-0.2, 0) is 16.1 Å². The first-order valence-electron chi connectivity index (χ1n) is 9.74. The fourth-order valence-electron chi connectivity index (χ4n) is 2.83. The molecule has 7 heteroatoms. The van der Waals surface area contributed by atoms with E-state index in [0.717, 1.165) is 11.1 Å². The lowest BCUT2D eigenvalue weighted by Gasteiger charge is -2.19. The van der Waals surface area contributed by atoms with Crippen molar-refractivity contribution in [1.29, 1.82) is 0 Å². The number of carbonyl (C=O) groups excluding carboxylic acids is 2. The monoisotopic (exact) mass is 439 g/mol. The number of ether oxygens (including phenoxy) is 3. The maximum absolute atomic E-state index is 13.1. The third-order valence-corrected chi connectivity index (χ3v) is 5.12. The molecule has 0 atom stereocenters. The van der Waals surface area contributed by atoms with Gasteiger partial charge in [-0.1, -0.05) is 42.5 Å². The second kappa shape index (κ2) is 9.66. The van der Waals surface area contributed by atoms with Gasteiger partial charge in [0.2, 0.25) is 0 Å². The predicted molar refractivity (Wildman–Crippen MR) is 122 cm³/mol. The van der Waals surface area contributed by atoms with Gasteiger partial charge in [0.15, 0.2) is 0 Å². The van der Waals surface area contributed by atoms with Crippen LogP contribution in [0.4, 0.5) is 9.80 Å². The molecule has 0 bridgehead atoms. The van der Waals surface area contributed by atoms with Crippen molar-refractivity contribution in [3.05, 3.63) is 71.1 Å². The van der Waals surface area contributed by atoms with Crippen molar-refractivity contribution in [2.75, 3.05) is 12.4 Å². The number of benzene rings is 2. The fourth-order valence-corrected chi connectivity index (χ4v) is 3.77. The molecule has 3 rings (SSSR count). The van der Waals surface area contributed by atoms with Crippen LogP contribution in [0.3, 0.4) is 0 Å². The maximum Gasteiger partial charge on any atom is 0.412 e. The van der Waals surface area contributed by atoms with E-state index in [-0.39, 0.29) is 12.2 Å². The van der Waals surface area contributed by atoms with Gasteiger partial charge in [-0.3, -0.25) is 5.32 Å². The van der Waals surface area contributed by atoms with Gasteiger partial charge in [0.05, 0.1) is 7.11 Å². The highest BCUT2D eigenvalue weighted by molar-refractivity contribution is 7.15. The van der Waals surface area contributed by atoms with E-state index in [1.807, 2.05) is 60.0 Å². The van der Waals surface area contributed by atoms with Crippen LogP contribution in [0.5, 0.6) is 5.75 Å². The van der Waals surface area contributed by atoms with E-state index >= 15 is 0 Å². The Morgan fingerprint density at radius 2 is 1.68 bits per heavy atom. The molecule has 6 nitrogen and oxygen atoms in total. The number of methoxy groups -OCH3 is 1. The summed E-state index contributed by atoms with van der Waals surface area (Å²) in [6.45, 7) is 5.46. The zero-order valence-corrected chi connectivity index (χ0v) is 18.7. The molecule has 1 heterocycles. The van der Waals surface area contributed by atoms with Gasteiger partial charge in [-0.15, -0.1) is 11.3 Å². The van der Waals surface area contributed by atoms with Crippen molar-refractivity contribution >= 4 is 28.4 Å². The summed E-state index contributed by atoms with van der Waals surface area (Å²) in [4.78, 5) is 25.4. The number of hydrogen-bond donors (Lipinski definition) is 1. The number of nitrogens with one attached hydrogen (secondary N) is 1. The molecule has 2 aromatic carbocycles. The Morgan fingerprint density at radius 1 is 1.00 bits per heavy atom. The van der Waals surface area contributed by atoms with Gasteiger partial charge >= 0.3 is 12.1 Å². The van der Waals surface area contributed by atoms with Gasteiger partial charge in [0, 0.05) is 10.9 Å². The topological polar surface area (TPSA) is 73.9 Å². The third-order valence-electron chi connectivity index (χ3n) is 4.22. The maximum atomic E-state index is 13.1. The van der Waals surface area contributed by atoms with Crippen molar-refractivity contribution in [2.24, 2.45) is 0 Å². The highest BCUT2D eigenvalue weighted by atomic mass is 32.1. The standard InChI is InChI=1S/C24H25NO5S/c1-24(2,3)30-23(27)25-21-20(22(26)29-14-16-8-6-5-7-9-16)19(15-31-21)17-10-12-18(28-4)13-11-17/h5-13,15H,14H2,1-4H3,(H,25,27). The van der Waals surface area contributed by atoms with Gasteiger partial charge in [-0.2, -0.15) is 0 Å². The molecule has 0 unspecified atom stereocenters. The van der Waals surface area contributed by atoms with Gasteiger partial charge in [-0.25, -0.2) is 9.59 Å². The zero-order valence-electron chi connectivity index (χ0n) is 17.9. The molecule has 31 heavy (non-hydrogen) atoms. The average Bonchev–Trinajstić information content (AvgIpc) is 3.14. The first-order valence-corrected chi connectivity index (χ1v) is 10.6. The molecule has 0 spiro atoms. The summed E-state index contributed by atoms with van der Waals surface area (Å²) in [7, 11) is 1.59. The highest BCUT2D eigenvalue weighted by Gasteiger charge is 2.25. The van der Waals surface area contributed by atoms with E-state index in [9.17, 15) is 9.59 Å². The molecule has 1 amide bonds. The molecule has 0 aliphatic carbocycles. The molecular formula is C24H25NO5S. The molecule has 0 saturated heterocycles. The molecule has 0 saturated carbocycles. The summed E-state index contributed by atoms with van der Waals surface area (Å²) in [5.41, 5.74) is 1.97. The van der Waals surface area contributed by atoms with Gasteiger partial charge in [0.25, 0.3) is 0 Å². The minimum Gasteiger partial charge on any atom is -0.497 e. The van der Waals surface area contributed by atoms with Crippen molar-refractivity contribution in [1.82, 2.24) is 0 Å². The average molecular weight is 440 g/mol. The van der Waals surface area contributed by atoms with Crippen LogP contribution in [0.2, 0.25) is 0 Å². The molecule has 1 N–H and O–H groups in total. The summed E-state index contributed by atoms with van der Waals surface area (Å²) in [6, 6.07) is 16.8. The number of anilines is 1. The summed E-state index contributed by atoms with van der Waals surface area (Å²) >= 11 is 1.24. The van der Waals surface area contributed by atoms with Gasteiger partial charge < -0.3 is 14.2 Å². The Morgan fingerprint density at radius 3 is 2.29 bits per heavy atom. The Labute approximate surface area is 185 Å². The lowest BCUT2D eigenvalue weighted by Crippen LogP contribution is -2.27. The molecule has 162 valence electrons. The number of carbonyl (C=O) groups is 2. The normalized spacial score (nSPS) is 11.0. The molecule has 3 aromatic rings. The molecule has 1 aromatic heterocycles. The third kappa shape index (κ3) is 6.08. The number of esters is 1. The summed E-state index contributed by atoms with van der Waals surface area (Å²) < 4.78 is 16.1. The van der Waals surface area contributed by atoms with Crippen LogP contribution in [0.1, 0.15) is 36.7 Å². The quantitative estimate of drug-likeness (QED) is 0.468. The van der Waals surface area contributed by atoms with Crippen molar-refractivity contribution in [3.8, 4) is 16.9 Å².